The van der Waals surface area contributed by atoms with Crippen molar-refractivity contribution in [3.05, 3.63) is 29.3 Å². The number of benzene rings is 1. The Morgan fingerprint density at radius 1 is 1.14 bits per heavy atom. The monoisotopic (exact) mass is 291 g/mol. The molecule has 0 bridgehead atoms. The number of unbranched alkanes of at least 4 members (excludes halogenated alkanes) is 1. The predicted octanol–water partition coefficient (Wildman–Crippen LogP) is 2.34. The van der Waals surface area contributed by atoms with E-state index < -0.39 is 0 Å². The molecule has 1 aromatic rings. The molecule has 0 spiro atoms. The fraction of sp³-hybridized carbons (Fsp3) is 0.529. The average Bonchev–Trinajstić information content (AvgIpc) is 2.52. The van der Waals surface area contributed by atoms with Crippen molar-refractivity contribution in [3.63, 3.8) is 0 Å². The first kappa shape index (κ1) is 17.5. The van der Waals surface area contributed by atoms with Crippen LogP contribution in [0.3, 0.4) is 0 Å². The lowest BCUT2D eigenvalue weighted by Crippen LogP contribution is -2.06. The van der Waals surface area contributed by atoms with Crippen LogP contribution in [-0.2, 0) is 16.1 Å². The Kier molecular flexibility index (Phi) is 9.30. The molecule has 2 N–H and O–H groups in total. The molecule has 0 radical (unpaired) electrons. The highest BCUT2D eigenvalue weighted by Crippen LogP contribution is 2.18. The molecule has 4 heteroatoms. The maximum absolute atomic E-state index is 5.64. The maximum atomic E-state index is 5.64. The van der Waals surface area contributed by atoms with Crippen LogP contribution in [-0.4, -0.2) is 33.5 Å². The van der Waals surface area contributed by atoms with Gasteiger partial charge in [0.25, 0.3) is 0 Å². The molecule has 0 heterocycles. The van der Waals surface area contributed by atoms with Crippen molar-refractivity contribution in [2.75, 3.05) is 33.5 Å². The molecule has 0 saturated heterocycles. The Hall–Kier alpha value is -1.54. The summed E-state index contributed by atoms with van der Waals surface area (Å²) in [7, 11) is 1.65. The lowest BCUT2D eigenvalue weighted by Gasteiger charge is -2.09. The summed E-state index contributed by atoms with van der Waals surface area (Å²) in [6, 6.07) is 5.76. The third-order valence-corrected chi connectivity index (χ3v) is 2.91. The summed E-state index contributed by atoms with van der Waals surface area (Å²) < 4.78 is 16.3. The van der Waals surface area contributed by atoms with Crippen LogP contribution in [0.1, 0.15) is 30.9 Å². The third-order valence-electron chi connectivity index (χ3n) is 2.91. The molecule has 0 atom stereocenters. The molecule has 0 aromatic heterocycles. The molecule has 0 unspecified atom stereocenters. The molecule has 4 nitrogen and oxygen atoms in total. The highest BCUT2D eigenvalue weighted by atomic mass is 16.5. The van der Waals surface area contributed by atoms with Gasteiger partial charge in [-0.15, -0.1) is 0 Å². The lowest BCUT2D eigenvalue weighted by molar-refractivity contribution is 0.0396. The number of rotatable bonds is 9. The van der Waals surface area contributed by atoms with E-state index in [1.807, 2.05) is 18.2 Å². The average molecular weight is 291 g/mol. The Labute approximate surface area is 127 Å². The number of hydrogen-bond donors (Lipinski definition) is 1. The summed E-state index contributed by atoms with van der Waals surface area (Å²) in [5.41, 5.74) is 7.34. The van der Waals surface area contributed by atoms with Crippen molar-refractivity contribution in [1.82, 2.24) is 0 Å². The molecule has 0 amide bonds. The molecule has 0 saturated carbocycles. The molecule has 0 fully saturated rings. The maximum Gasteiger partial charge on any atom is 0.119 e. The Morgan fingerprint density at radius 3 is 2.67 bits per heavy atom. The fourth-order valence-electron chi connectivity index (χ4n) is 1.73. The fourth-order valence-corrected chi connectivity index (χ4v) is 1.73. The van der Waals surface area contributed by atoms with Gasteiger partial charge >= 0.3 is 0 Å². The molecular formula is C17H25NO3. The molecule has 0 aliphatic carbocycles. The normalized spacial score (nSPS) is 10.0. The van der Waals surface area contributed by atoms with Crippen LogP contribution in [0.5, 0.6) is 5.75 Å². The summed E-state index contributed by atoms with van der Waals surface area (Å²) in [6.07, 6.45) is 2.24. The van der Waals surface area contributed by atoms with Gasteiger partial charge in [0.15, 0.2) is 0 Å². The van der Waals surface area contributed by atoms with Crippen LogP contribution in [0, 0.1) is 11.8 Å². The molecule has 0 aliphatic rings. The minimum Gasteiger partial charge on any atom is -0.497 e. The Balaban J connectivity index is 2.47. The van der Waals surface area contributed by atoms with Gasteiger partial charge in [-0.25, -0.2) is 0 Å². The zero-order chi connectivity index (χ0) is 15.3. The lowest BCUT2D eigenvalue weighted by atomic mass is 10.1. The van der Waals surface area contributed by atoms with Gasteiger partial charge in [0, 0.05) is 12.2 Å². The van der Waals surface area contributed by atoms with Crippen LogP contribution < -0.4 is 10.5 Å². The van der Waals surface area contributed by atoms with Gasteiger partial charge in [-0.2, -0.15) is 0 Å². The van der Waals surface area contributed by atoms with Gasteiger partial charge in [-0.1, -0.05) is 25.2 Å². The van der Waals surface area contributed by atoms with Crippen molar-refractivity contribution in [1.29, 1.82) is 0 Å². The molecule has 1 rings (SSSR count). The van der Waals surface area contributed by atoms with Gasteiger partial charge in [-0.05, 0) is 30.2 Å². The van der Waals surface area contributed by atoms with Crippen LogP contribution in [0.4, 0.5) is 0 Å². The van der Waals surface area contributed by atoms with E-state index in [4.69, 9.17) is 19.9 Å². The van der Waals surface area contributed by atoms with E-state index in [9.17, 15) is 0 Å². The first-order valence-corrected chi connectivity index (χ1v) is 7.33. The van der Waals surface area contributed by atoms with Gasteiger partial charge in [0.2, 0.25) is 0 Å². The summed E-state index contributed by atoms with van der Waals surface area (Å²) in [6.45, 7) is 4.97. The van der Waals surface area contributed by atoms with Crippen molar-refractivity contribution in [2.24, 2.45) is 5.73 Å². The quantitative estimate of drug-likeness (QED) is 0.560. The van der Waals surface area contributed by atoms with Gasteiger partial charge in [0.05, 0.1) is 33.5 Å². The zero-order valence-corrected chi connectivity index (χ0v) is 13.0. The van der Waals surface area contributed by atoms with Gasteiger partial charge < -0.3 is 19.9 Å². The summed E-state index contributed by atoms with van der Waals surface area (Å²) in [5.74, 6) is 6.71. The van der Waals surface area contributed by atoms with E-state index in [0.29, 0.717) is 26.4 Å². The summed E-state index contributed by atoms with van der Waals surface area (Å²) in [4.78, 5) is 0. The van der Waals surface area contributed by atoms with E-state index in [-0.39, 0.29) is 0 Å². The SMILES string of the molecule is CCCCOCCOCc1cc(OC)ccc1C#CCN. The predicted molar refractivity (Wildman–Crippen MR) is 84.3 cm³/mol. The minimum absolute atomic E-state index is 0.345. The topological polar surface area (TPSA) is 53.7 Å². The largest absolute Gasteiger partial charge is 0.497 e. The van der Waals surface area contributed by atoms with Crippen LogP contribution >= 0.6 is 0 Å². The van der Waals surface area contributed by atoms with Crippen LogP contribution in [0.25, 0.3) is 0 Å². The van der Waals surface area contributed by atoms with E-state index in [0.717, 1.165) is 36.3 Å². The number of ether oxygens (including phenoxy) is 3. The summed E-state index contributed by atoms with van der Waals surface area (Å²) >= 11 is 0. The zero-order valence-electron chi connectivity index (χ0n) is 13.0. The molecule has 116 valence electrons. The highest BCUT2D eigenvalue weighted by molar-refractivity contribution is 5.45. The number of methoxy groups -OCH3 is 1. The van der Waals surface area contributed by atoms with Gasteiger partial charge in [0.1, 0.15) is 5.75 Å². The minimum atomic E-state index is 0.345. The number of hydrogen-bond acceptors (Lipinski definition) is 4. The summed E-state index contributed by atoms with van der Waals surface area (Å²) in [5, 5.41) is 0. The van der Waals surface area contributed by atoms with Crippen LogP contribution in [0.2, 0.25) is 0 Å². The van der Waals surface area contributed by atoms with Crippen molar-refractivity contribution < 1.29 is 14.2 Å². The van der Waals surface area contributed by atoms with E-state index in [1.54, 1.807) is 7.11 Å². The molecule has 21 heavy (non-hydrogen) atoms. The second-order valence-electron chi connectivity index (χ2n) is 4.55. The smallest absolute Gasteiger partial charge is 0.119 e. The van der Waals surface area contributed by atoms with Crippen molar-refractivity contribution >= 4 is 0 Å². The van der Waals surface area contributed by atoms with E-state index in [2.05, 4.69) is 18.8 Å². The van der Waals surface area contributed by atoms with Crippen LogP contribution in [0.15, 0.2) is 18.2 Å². The highest BCUT2D eigenvalue weighted by Gasteiger charge is 2.03. The third kappa shape index (κ3) is 7.14. The second-order valence-corrected chi connectivity index (χ2v) is 4.55. The van der Waals surface area contributed by atoms with E-state index >= 15 is 0 Å². The molecular weight excluding hydrogens is 266 g/mol. The van der Waals surface area contributed by atoms with Gasteiger partial charge in [-0.3, -0.25) is 0 Å². The Bertz CT molecular complexity index is 463. The molecule has 1 aromatic carbocycles. The molecule has 0 aliphatic heterocycles. The first-order chi connectivity index (χ1) is 10.3. The standard InChI is InChI=1S/C17H25NO3/c1-3-4-10-20-11-12-21-14-16-13-17(19-2)8-7-15(16)6-5-9-18/h7-8,13H,3-4,9-12,14,18H2,1-2H3. The van der Waals surface area contributed by atoms with Crippen molar-refractivity contribution in [2.45, 2.75) is 26.4 Å². The second kappa shape index (κ2) is 11.2. The van der Waals surface area contributed by atoms with Crippen molar-refractivity contribution in [3.8, 4) is 17.6 Å². The number of nitrogens with two attached hydrogens (primary N) is 1. The first-order valence-electron chi connectivity index (χ1n) is 7.33. The van der Waals surface area contributed by atoms with E-state index in [1.165, 1.54) is 0 Å². The Morgan fingerprint density at radius 2 is 1.95 bits per heavy atom.